The van der Waals surface area contributed by atoms with E-state index in [-0.39, 0.29) is 6.42 Å². The van der Waals surface area contributed by atoms with E-state index in [4.69, 9.17) is 10.3 Å². The summed E-state index contributed by atoms with van der Waals surface area (Å²) < 4.78 is 4.83. The molecule has 0 bridgehead atoms. The molecule has 0 aliphatic rings. The van der Waals surface area contributed by atoms with E-state index in [0.717, 1.165) is 0 Å². The molecule has 0 aromatic carbocycles. The van der Waals surface area contributed by atoms with Crippen molar-refractivity contribution in [1.29, 1.82) is 0 Å². The first kappa shape index (κ1) is 11.7. The average molecular weight is 214 g/mol. The fourth-order valence-corrected chi connectivity index (χ4v) is 1.42. The molecule has 15 heavy (non-hydrogen) atoms. The van der Waals surface area contributed by atoms with Crippen LogP contribution in [-0.2, 0) is 4.79 Å². The van der Waals surface area contributed by atoms with E-state index in [2.05, 4.69) is 5.16 Å². The summed E-state index contributed by atoms with van der Waals surface area (Å²) in [4.78, 5) is 10.6. The molecule has 84 valence electrons. The fourth-order valence-electron chi connectivity index (χ4n) is 1.42. The van der Waals surface area contributed by atoms with Crippen molar-refractivity contribution in [2.75, 3.05) is 0 Å². The maximum atomic E-state index is 10.6. The first-order chi connectivity index (χ1) is 6.93. The summed E-state index contributed by atoms with van der Waals surface area (Å²) in [5.74, 6) is -0.253. The van der Waals surface area contributed by atoms with E-state index in [9.17, 15) is 15.0 Å². The Kier molecular flexibility index (Phi) is 3.43. The van der Waals surface area contributed by atoms with Crippen molar-refractivity contribution in [2.45, 2.75) is 32.5 Å². The van der Waals surface area contributed by atoms with Crippen LogP contribution in [0.2, 0.25) is 0 Å². The van der Waals surface area contributed by atoms with Gasteiger partial charge >= 0.3 is 0 Å². The number of primary amides is 1. The van der Waals surface area contributed by atoms with Crippen molar-refractivity contribution in [3.8, 4) is 0 Å². The quantitative estimate of drug-likeness (QED) is 0.629. The van der Waals surface area contributed by atoms with Crippen LogP contribution in [0.15, 0.2) is 4.52 Å². The van der Waals surface area contributed by atoms with Crippen molar-refractivity contribution in [3.63, 3.8) is 0 Å². The predicted molar refractivity (Wildman–Crippen MR) is 50.8 cm³/mol. The summed E-state index contributed by atoms with van der Waals surface area (Å²) in [5.41, 5.74) is 5.81. The van der Waals surface area contributed by atoms with Crippen molar-refractivity contribution in [1.82, 2.24) is 5.16 Å². The number of nitrogens with two attached hydrogens (primary N) is 1. The third-order valence-corrected chi connectivity index (χ3v) is 2.16. The number of hydrogen-bond acceptors (Lipinski definition) is 5. The van der Waals surface area contributed by atoms with Gasteiger partial charge in [-0.05, 0) is 13.8 Å². The Hall–Kier alpha value is -1.40. The molecule has 0 spiro atoms. The van der Waals surface area contributed by atoms with Gasteiger partial charge in [0.25, 0.3) is 0 Å². The minimum atomic E-state index is -1.24. The highest BCUT2D eigenvalue weighted by molar-refractivity contribution is 5.74. The van der Waals surface area contributed by atoms with Crippen LogP contribution in [-0.4, -0.2) is 27.4 Å². The number of carbonyl (C=O) groups is 1. The van der Waals surface area contributed by atoms with Crippen LogP contribution in [0, 0.1) is 13.8 Å². The fraction of sp³-hybridized carbons (Fsp3) is 0.556. The van der Waals surface area contributed by atoms with Crippen LogP contribution < -0.4 is 5.73 Å². The first-order valence-electron chi connectivity index (χ1n) is 4.50. The molecule has 6 nitrogen and oxygen atoms in total. The molecule has 0 fully saturated rings. The van der Waals surface area contributed by atoms with Crippen molar-refractivity contribution in [2.24, 2.45) is 5.73 Å². The molecule has 1 aromatic heterocycles. The minimum Gasteiger partial charge on any atom is -0.390 e. The van der Waals surface area contributed by atoms with Gasteiger partial charge in [0.2, 0.25) is 5.91 Å². The lowest BCUT2D eigenvalue weighted by Gasteiger charge is -2.15. The van der Waals surface area contributed by atoms with Crippen LogP contribution in [0.4, 0.5) is 0 Å². The Balaban J connectivity index is 2.84. The number of carbonyl (C=O) groups excluding carboxylic acids is 1. The molecule has 0 radical (unpaired) electrons. The molecule has 4 N–H and O–H groups in total. The van der Waals surface area contributed by atoms with Gasteiger partial charge in [-0.2, -0.15) is 0 Å². The second-order valence-corrected chi connectivity index (χ2v) is 3.42. The molecule has 1 rings (SSSR count). The Morgan fingerprint density at radius 2 is 2.13 bits per heavy atom. The summed E-state index contributed by atoms with van der Waals surface area (Å²) in [6, 6.07) is 0. The molecule has 0 saturated carbocycles. The van der Waals surface area contributed by atoms with Crippen LogP contribution in [0.1, 0.15) is 29.5 Å². The molecular formula is C9H14N2O4. The van der Waals surface area contributed by atoms with Gasteiger partial charge in [-0.25, -0.2) is 0 Å². The SMILES string of the molecule is Cc1noc(C)c1C(O)C(O)CC(N)=O. The van der Waals surface area contributed by atoms with Gasteiger partial charge in [-0.3, -0.25) is 4.79 Å². The summed E-state index contributed by atoms with van der Waals surface area (Å²) >= 11 is 0. The second kappa shape index (κ2) is 4.41. The lowest BCUT2D eigenvalue weighted by Crippen LogP contribution is -2.26. The summed E-state index contributed by atoms with van der Waals surface area (Å²) in [7, 11) is 0. The molecule has 1 amide bonds. The molecule has 6 heteroatoms. The Morgan fingerprint density at radius 3 is 2.53 bits per heavy atom. The van der Waals surface area contributed by atoms with Gasteiger partial charge in [0.1, 0.15) is 11.9 Å². The summed E-state index contributed by atoms with van der Waals surface area (Å²) in [6.45, 7) is 3.27. The normalized spacial score (nSPS) is 14.9. The van der Waals surface area contributed by atoms with E-state index in [1.807, 2.05) is 0 Å². The zero-order valence-electron chi connectivity index (χ0n) is 8.60. The molecule has 2 atom stereocenters. The van der Waals surface area contributed by atoms with E-state index in [0.29, 0.717) is 17.0 Å². The van der Waals surface area contributed by atoms with Gasteiger partial charge in [0, 0.05) is 5.56 Å². The third kappa shape index (κ3) is 2.54. The zero-order valence-corrected chi connectivity index (χ0v) is 8.60. The number of nitrogens with zero attached hydrogens (tertiary/aromatic N) is 1. The molecule has 0 aliphatic carbocycles. The minimum absolute atomic E-state index is 0.300. The van der Waals surface area contributed by atoms with Crippen molar-refractivity contribution in [3.05, 3.63) is 17.0 Å². The van der Waals surface area contributed by atoms with E-state index < -0.39 is 18.1 Å². The smallest absolute Gasteiger partial charge is 0.220 e. The number of aliphatic hydroxyl groups excluding tert-OH is 2. The molecular weight excluding hydrogens is 200 g/mol. The first-order valence-corrected chi connectivity index (χ1v) is 4.50. The van der Waals surface area contributed by atoms with E-state index in [1.54, 1.807) is 13.8 Å². The Labute approximate surface area is 86.7 Å². The predicted octanol–water partition coefficient (Wildman–Crippen LogP) is -0.439. The standard InChI is InChI=1S/C9H14N2O4/c1-4-8(5(2)15-11-4)9(14)6(12)3-7(10)13/h6,9,12,14H,3H2,1-2H3,(H2,10,13). The van der Waals surface area contributed by atoms with Gasteiger partial charge in [0.05, 0.1) is 18.2 Å². The Bertz CT molecular complexity index is 341. The van der Waals surface area contributed by atoms with Crippen LogP contribution >= 0.6 is 0 Å². The van der Waals surface area contributed by atoms with Gasteiger partial charge in [0.15, 0.2) is 0 Å². The number of aromatic nitrogens is 1. The molecule has 0 saturated heterocycles. The lowest BCUT2D eigenvalue weighted by atomic mass is 10.0. The van der Waals surface area contributed by atoms with Crippen LogP contribution in [0.3, 0.4) is 0 Å². The van der Waals surface area contributed by atoms with E-state index in [1.165, 1.54) is 0 Å². The maximum absolute atomic E-state index is 10.6. The zero-order chi connectivity index (χ0) is 11.6. The number of amides is 1. The monoisotopic (exact) mass is 214 g/mol. The highest BCUT2D eigenvalue weighted by atomic mass is 16.5. The number of aliphatic hydroxyl groups is 2. The number of hydrogen-bond donors (Lipinski definition) is 3. The Morgan fingerprint density at radius 1 is 1.53 bits per heavy atom. The lowest BCUT2D eigenvalue weighted by molar-refractivity contribution is -0.121. The van der Waals surface area contributed by atoms with Gasteiger partial charge in [-0.15, -0.1) is 0 Å². The van der Waals surface area contributed by atoms with E-state index >= 15 is 0 Å². The molecule has 1 aromatic rings. The molecule has 0 aliphatic heterocycles. The van der Waals surface area contributed by atoms with Gasteiger partial charge in [-0.1, -0.05) is 5.16 Å². The highest BCUT2D eigenvalue weighted by Gasteiger charge is 2.26. The number of rotatable bonds is 4. The topological polar surface area (TPSA) is 110 Å². The second-order valence-electron chi connectivity index (χ2n) is 3.42. The highest BCUT2D eigenvalue weighted by Crippen LogP contribution is 2.25. The van der Waals surface area contributed by atoms with Crippen molar-refractivity contribution < 1.29 is 19.5 Å². The maximum Gasteiger partial charge on any atom is 0.220 e. The number of aryl methyl sites for hydroxylation is 2. The summed E-state index contributed by atoms with van der Waals surface area (Å²) in [5, 5.41) is 22.9. The van der Waals surface area contributed by atoms with Crippen LogP contribution in [0.5, 0.6) is 0 Å². The summed E-state index contributed by atoms with van der Waals surface area (Å²) in [6.07, 6.45) is -2.74. The third-order valence-electron chi connectivity index (χ3n) is 2.16. The van der Waals surface area contributed by atoms with Gasteiger partial charge < -0.3 is 20.5 Å². The van der Waals surface area contributed by atoms with Crippen LogP contribution in [0.25, 0.3) is 0 Å². The molecule has 1 heterocycles. The average Bonchev–Trinajstić information content (AvgIpc) is 2.44. The molecule has 2 unspecified atom stereocenters. The van der Waals surface area contributed by atoms with Crippen molar-refractivity contribution >= 4 is 5.91 Å². The largest absolute Gasteiger partial charge is 0.390 e.